The van der Waals surface area contributed by atoms with Crippen molar-refractivity contribution in [1.82, 2.24) is 0 Å². The van der Waals surface area contributed by atoms with E-state index in [2.05, 4.69) is 110 Å². The molecule has 0 aliphatic rings. The van der Waals surface area contributed by atoms with E-state index in [9.17, 15) is 10.2 Å². The Hall–Kier alpha value is -4.50. The summed E-state index contributed by atoms with van der Waals surface area (Å²) < 4.78 is 0. The van der Waals surface area contributed by atoms with Gasteiger partial charge in [-0.25, -0.2) is 0 Å². The van der Waals surface area contributed by atoms with Crippen molar-refractivity contribution >= 4 is 17.1 Å². The van der Waals surface area contributed by atoms with Crippen LogP contribution in [0.5, 0.6) is 11.5 Å². The molecule has 0 atom stereocenters. The highest BCUT2D eigenvalue weighted by molar-refractivity contribution is 5.77. The van der Waals surface area contributed by atoms with E-state index in [0.29, 0.717) is 11.5 Å². The molecule has 5 rings (SSSR count). The molecule has 3 nitrogen and oxygen atoms in total. The first-order chi connectivity index (χ1) is 19.6. The van der Waals surface area contributed by atoms with Crippen LogP contribution in [0.1, 0.15) is 55.6 Å². The second-order valence-corrected chi connectivity index (χ2v) is 11.4. The van der Waals surface area contributed by atoms with E-state index >= 15 is 0 Å². The molecule has 0 radical (unpaired) electrons. The predicted octanol–water partition coefficient (Wildman–Crippen LogP) is 9.60. The van der Waals surface area contributed by atoms with E-state index in [4.69, 9.17) is 0 Å². The Balaban J connectivity index is 1.45. The number of aromatic hydroxyl groups is 2. The van der Waals surface area contributed by atoms with Crippen LogP contribution in [-0.4, -0.2) is 10.2 Å². The molecule has 41 heavy (non-hydrogen) atoms. The van der Waals surface area contributed by atoms with Gasteiger partial charge in [0, 0.05) is 17.1 Å². The highest BCUT2D eigenvalue weighted by Crippen LogP contribution is 2.36. The maximum atomic E-state index is 10.2. The Morgan fingerprint density at radius 1 is 0.390 bits per heavy atom. The lowest BCUT2D eigenvalue weighted by atomic mass is 9.99. The molecule has 0 fully saturated rings. The largest absolute Gasteiger partial charge is 0.507 e. The second-order valence-electron chi connectivity index (χ2n) is 11.4. The summed E-state index contributed by atoms with van der Waals surface area (Å²) in [6.45, 7) is 12.1. The first-order valence-electron chi connectivity index (χ1n) is 14.2. The molecule has 0 bridgehead atoms. The zero-order valence-corrected chi connectivity index (χ0v) is 24.9. The van der Waals surface area contributed by atoms with E-state index in [-0.39, 0.29) is 0 Å². The second kappa shape index (κ2) is 11.5. The number of benzene rings is 5. The summed E-state index contributed by atoms with van der Waals surface area (Å²) in [4.78, 5) is 2.31. The maximum Gasteiger partial charge on any atom is 0.121 e. The van der Waals surface area contributed by atoms with Crippen molar-refractivity contribution in [2.24, 2.45) is 0 Å². The van der Waals surface area contributed by atoms with Crippen molar-refractivity contribution in [3.63, 3.8) is 0 Å². The molecule has 3 heteroatoms. The number of hydrogen-bond donors (Lipinski definition) is 2. The van der Waals surface area contributed by atoms with Gasteiger partial charge in [0.1, 0.15) is 11.5 Å². The predicted molar refractivity (Wildman–Crippen MR) is 171 cm³/mol. The van der Waals surface area contributed by atoms with E-state index in [1.807, 2.05) is 27.7 Å². The van der Waals surface area contributed by atoms with Gasteiger partial charge in [-0.05, 0) is 146 Å². The van der Waals surface area contributed by atoms with Crippen LogP contribution >= 0.6 is 0 Å². The van der Waals surface area contributed by atoms with Crippen molar-refractivity contribution in [1.29, 1.82) is 0 Å². The molecule has 0 aromatic heterocycles. The van der Waals surface area contributed by atoms with Crippen LogP contribution < -0.4 is 4.90 Å². The molecule has 0 unspecified atom stereocenters. The topological polar surface area (TPSA) is 43.7 Å². The molecule has 5 aromatic rings. The summed E-state index contributed by atoms with van der Waals surface area (Å²) in [6, 6.07) is 32.5. The summed E-state index contributed by atoms with van der Waals surface area (Å²) in [5, 5.41) is 20.3. The summed E-state index contributed by atoms with van der Waals surface area (Å²) in [5.74, 6) is 0.764. The van der Waals surface area contributed by atoms with Crippen LogP contribution in [0.25, 0.3) is 0 Å². The lowest BCUT2D eigenvalue weighted by molar-refractivity contribution is 0.466. The van der Waals surface area contributed by atoms with Crippen molar-refractivity contribution in [3.8, 4) is 11.5 Å². The fourth-order valence-corrected chi connectivity index (χ4v) is 5.60. The van der Waals surface area contributed by atoms with Crippen LogP contribution in [-0.2, 0) is 12.8 Å². The van der Waals surface area contributed by atoms with Gasteiger partial charge in [-0.2, -0.15) is 0 Å². The molecule has 0 aliphatic heterocycles. The van der Waals surface area contributed by atoms with E-state index in [1.165, 1.54) is 33.4 Å². The van der Waals surface area contributed by atoms with Gasteiger partial charge >= 0.3 is 0 Å². The lowest BCUT2D eigenvalue weighted by Crippen LogP contribution is -2.10. The fourth-order valence-electron chi connectivity index (χ4n) is 5.60. The fraction of sp³-hybridized carbons (Fsp3) is 0.211. The number of rotatable bonds is 7. The number of anilines is 3. The number of phenolic OH excluding ortho intramolecular Hbond substituents is 2. The first kappa shape index (κ1) is 28.0. The van der Waals surface area contributed by atoms with Crippen molar-refractivity contribution in [2.75, 3.05) is 4.90 Å². The van der Waals surface area contributed by atoms with Gasteiger partial charge in [-0.15, -0.1) is 0 Å². The molecule has 0 aliphatic carbocycles. The quantitative estimate of drug-likeness (QED) is 0.216. The summed E-state index contributed by atoms with van der Waals surface area (Å²) in [5.41, 5.74) is 14.4. The minimum atomic E-state index is 0.382. The Kier molecular flexibility index (Phi) is 7.90. The maximum absolute atomic E-state index is 10.2. The van der Waals surface area contributed by atoms with E-state index < -0.39 is 0 Å². The third-order valence-corrected chi connectivity index (χ3v) is 8.06. The van der Waals surface area contributed by atoms with Crippen LogP contribution in [0, 0.1) is 41.5 Å². The SMILES string of the molecule is Cc1ccc(N(c2ccc(Cc3cc(C)c(O)c(C)c3)cc2)c2ccc(Cc3cc(C)c(O)c(C)c3)cc2)cc1C. The van der Waals surface area contributed by atoms with E-state index in [1.54, 1.807) is 0 Å². The number of hydrogen-bond acceptors (Lipinski definition) is 3. The molecule has 208 valence electrons. The van der Waals surface area contributed by atoms with Gasteiger partial charge in [0.2, 0.25) is 0 Å². The highest BCUT2D eigenvalue weighted by Gasteiger charge is 2.14. The van der Waals surface area contributed by atoms with Crippen molar-refractivity contribution < 1.29 is 10.2 Å². The molecule has 0 heterocycles. The lowest BCUT2D eigenvalue weighted by Gasteiger charge is -2.26. The van der Waals surface area contributed by atoms with E-state index in [0.717, 1.165) is 52.2 Å². The van der Waals surface area contributed by atoms with Crippen LogP contribution in [0.4, 0.5) is 17.1 Å². The molecule has 0 amide bonds. The first-order valence-corrected chi connectivity index (χ1v) is 14.2. The molecule has 2 N–H and O–H groups in total. The minimum Gasteiger partial charge on any atom is -0.507 e. The van der Waals surface area contributed by atoms with Crippen LogP contribution in [0.3, 0.4) is 0 Å². The summed E-state index contributed by atoms with van der Waals surface area (Å²) in [6.07, 6.45) is 1.63. The third kappa shape index (κ3) is 6.15. The molecule has 5 aromatic carbocycles. The van der Waals surface area contributed by atoms with Gasteiger partial charge in [0.05, 0.1) is 0 Å². The molecular formula is C38H39NO2. The van der Waals surface area contributed by atoms with Gasteiger partial charge in [-0.1, -0.05) is 54.6 Å². The summed E-state index contributed by atoms with van der Waals surface area (Å²) >= 11 is 0. The van der Waals surface area contributed by atoms with Gasteiger partial charge in [0.15, 0.2) is 0 Å². The third-order valence-electron chi connectivity index (χ3n) is 8.06. The summed E-state index contributed by atoms with van der Waals surface area (Å²) in [7, 11) is 0. The van der Waals surface area contributed by atoms with Crippen LogP contribution in [0.2, 0.25) is 0 Å². The highest BCUT2D eigenvalue weighted by atomic mass is 16.3. The monoisotopic (exact) mass is 541 g/mol. The Morgan fingerprint density at radius 3 is 1.12 bits per heavy atom. The van der Waals surface area contributed by atoms with Gasteiger partial charge in [0.25, 0.3) is 0 Å². The zero-order valence-electron chi connectivity index (χ0n) is 24.9. The Morgan fingerprint density at radius 2 is 0.756 bits per heavy atom. The molecular weight excluding hydrogens is 502 g/mol. The molecule has 0 saturated heterocycles. The van der Waals surface area contributed by atoms with Crippen LogP contribution in [0.15, 0.2) is 91.0 Å². The normalized spacial score (nSPS) is 11.1. The Labute approximate surface area is 244 Å². The van der Waals surface area contributed by atoms with Crippen molar-refractivity contribution in [3.05, 3.63) is 147 Å². The smallest absolute Gasteiger partial charge is 0.121 e. The number of nitrogens with zero attached hydrogens (tertiary/aromatic N) is 1. The van der Waals surface area contributed by atoms with Gasteiger partial charge in [-0.3, -0.25) is 0 Å². The molecule has 0 spiro atoms. The zero-order chi connectivity index (χ0) is 29.3. The van der Waals surface area contributed by atoms with Gasteiger partial charge < -0.3 is 15.1 Å². The van der Waals surface area contributed by atoms with Crippen molar-refractivity contribution in [2.45, 2.75) is 54.4 Å². The Bertz CT molecular complexity index is 1550. The average Bonchev–Trinajstić information content (AvgIpc) is 2.94. The average molecular weight is 542 g/mol. The number of aryl methyl sites for hydroxylation is 6. The molecule has 0 saturated carbocycles. The standard InChI is InChI=1S/C38H39NO2/c1-24-7-12-36(21-25(24)2)39(34-13-8-30(9-14-34)22-32-17-26(3)37(40)27(4)18-32)35-15-10-31(11-16-35)23-33-19-28(5)38(41)29(6)20-33/h7-21,40-41H,22-23H2,1-6H3. The number of phenols is 2. The minimum absolute atomic E-state index is 0.382.